The summed E-state index contributed by atoms with van der Waals surface area (Å²) >= 11 is 0. The lowest BCUT2D eigenvalue weighted by atomic mass is 9.92. The molecule has 168 valence electrons. The second-order valence-corrected chi connectivity index (χ2v) is 9.15. The van der Waals surface area contributed by atoms with Crippen LogP contribution in [0.4, 0.5) is 0 Å². The summed E-state index contributed by atoms with van der Waals surface area (Å²) in [6.45, 7) is 10.0. The van der Waals surface area contributed by atoms with Gasteiger partial charge in [0.1, 0.15) is 5.69 Å². The Hall–Kier alpha value is -1.89. The number of ether oxygens (including phenoxy) is 1. The monoisotopic (exact) mass is 418 g/mol. The van der Waals surface area contributed by atoms with E-state index in [0.29, 0.717) is 37.0 Å². The zero-order valence-electron chi connectivity index (χ0n) is 18.9. The van der Waals surface area contributed by atoms with Crippen LogP contribution in [0.3, 0.4) is 0 Å². The summed E-state index contributed by atoms with van der Waals surface area (Å²) in [6.07, 6.45) is 6.61. The Balaban J connectivity index is 1.42. The lowest BCUT2D eigenvalue weighted by Gasteiger charge is -2.32. The standard InChI is InChI=1S/C23H38N4O3/c1-4-27-21(15-19(25-27)14-17(2)3)23(29)26-11-9-18(10-12-26)7-8-22(28)24-16-20-6-5-13-30-20/h15,17-18,20H,4-14,16H2,1-3H3,(H,24,28). The number of amides is 2. The fourth-order valence-electron chi connectivity index (χ4n) is 4.44. The first-order valence-electron chi connectivity index (χ1n) is 11.7. The van der Waals surface area contributed by atoms with E-state index in [4.69, 9.17) is 4.74 Å². The Kier molecular flexibility index (Phi) is 8.31. The molecule has 1 N–H and O–H groups in total. The molecule has 2 amide bonds. The molecule has 1 atom stereocenters. The van der Waals surface area contributed by atoms with Crippen LogP contribution in [0.2, 0.25) is 0 Å². The van der Waals surface area contributed by atoms with E-state index in [1.807, 2.05) is 22.6 Å². The first-order chi connectivity index (χ1) is 14.5. The third-order valence-corrected chi connectivity index (χ3v) is 6.20. The normalized spacial score (nSPS) is 20.1. The maximum Gasteiger partial charge on any atom is 0.272 e. The zero-order chi connectivity index (χ0) is 21.5. The van der Waals surface area contributed by atoms with Crippen LogP contribution in [0.5, 0.6) is 0 Å². The fourth-order valence-corrected chi connectivity index (χ4v) is 4.44. The first-order valence-corrected chi connectivity index (χ1v) is 11.7. The van der Waals surface area contributed by atoms with Crippen molar-refractivity contribution in [1.29, 1.82) is 0 Å². The molecule has 2 saturated heterocycles. The lowest BCUT2D eigenvalue weighted by molar-refractivity contribution is -0.122. The quantitative estimate of drug-likeness (QED) is 0.669. The van der Waals surface area contributed by atoms with Crippen molar-refractivity contribution in [3.05, 3.63) is 17.5 Å². The summed E-state index contributed by atoms with van der Waals surface area (Å²) in [5, 5.41) is 7.61. The molecular formula is C23H38N4O3. The number of hydrogen-bond acceptors (Lipinski definition) is 4. The van der Waals surface area contributed by atoms with E-state index < -0.39 is 0 Å². The number of likely N-dealkylation sites (tertiary alicyclic amines) is 1. The van der Waals surface area contributed by atoms with Crippen molar-refractivity contribution >= 4 is 11.8 Å². The Morgan fingerprint density at radius 1 is 1.27 bits per heavy atom. The highest BCUT2D eigenvalue weighted by Gasteiger charge is 2.26. The number of aryl methyl sites for hydroxylation is 1. The van der Waals surface area contributed by atoms with Crippen molar-refractivity contribution in [1.82, 2.24) is 20.0 Å². The molecule has 3 rings (SSSR count). The average molecular weight is 419 g/mol. The van der Waals surface area contributed by atoms with Crippen LogP contribution in [-0.4, -0.2) is 58.8 Å². The predicted octanol–water partition coefficient (Wildman–Crippen LogP) is 3.03. The minimum atomic E-state index is 0.0899. The number of carbonyl (C=O) groups is 2. The van der Waals surface area contributed by atoms with E-state index in [9.17, 15) is 9.59 Å². The Morgan fingerprint density at radius 2 is 2.03 bits per heavy atom. The van der Waals surface area contributed by atoms with Gasteiger partial charge in [-0.05, 0) is 63.4 Å². The van der Waals surface area contributed by atoms with Crippen LogP contribution < -0.4 is 5.32 Å². The number of nitrogens with zero attached hydrogens (tertiary/aromatic N) is 3. The third-order valence-electron chi connectivity index (χ3n) is 6.20. The number of nitrogens with one attached hydrogen (secondary N) is 1. The molecule has 0 spiro atoms. The van der Waals surface area contributed by atoms with Gasteiger partial charge in [-0.2, -0.15) is 5.10 Å². The minimum absolute atomic E-state index is 0.0899. The van der Waals surface area contributed by atoms with Crippen LogP contribution in [0.1, 0.15) is 75.5 Å². The van der Waals surface area contributed by atoms with E-state index >= 15 is 0 Å². The summed E-state index contributed by atoms with van der Waals surface area (Å²) in [5.41, 5.74) is 1.71. The van der Waals surface area contributed by atoms with E-state index in [2.05, 4.69) is 24.3 Å². The number of carbonyl (C=O) groups excluding carboxylic acids is 2. The van der Waals surface area contributed by atoms with Gasteiger partial charge in [0.25, 0.3) is 5.91 Å². The molecular weight excluding hydrogens is 380 g/mol. The van der Waals surface area contributed by atoms with Crippen molar-refractivity contribution in [3.63, 3.8) is 0 Å². The van der Waals surface area contributed by atoms with Crippen molar-refractivity contribution < 1.29 is 14.3 Å². The van der Waals surface area contributed by atoms with Crippen LogP contribution in [0, 0.1) is 11.8 Å². The number of rotatable bonds is 9. The molecule has 30 heavy (non-hydrogen) atoms. The number of piperidine rings is 1. The highest BCUT2D eigenvalue weighted by atomic mass is 16.5. The molecule has 0 saturated carbocycles. The average Bonchev–Trinajstić information content (AvgIpc) is 3.39. The van der Waals surface area contributed by atoms with Crippen LogP contribution in [-0.2, 0) is 22.5 Å². The van der Waals surface area contributed by atoms with Crippen LogP contribution >= 0.6 is 0 Å². The maximum atomic E-state index is 13.1. The van der Waals surface area contributed by atoms with E-state index in [1.165, 1.54) is 0 Å². The molecule has 7 heteroatoms. The maximum absolute atomic E-state index is 13.1. The van der Waals surface area contributed by atoms with Crippen LogP contribution in [0.25, 0.3) is 0 Å². The molecule has 1 aromatic heterocycles. The number of aromatic nitrogens is 2. The van der Waals surface area contributed by atoms with Gasteiger partial charge in [-0.25, -0.2) is 0 Å². The predicted molar refractivity (Wildman–Crippen MR) is 116 cm³/mol. The zero-order valence-corrected chi connectivity index (χ0v) is 18.9. The molecule has 0 radical (unpaired) electrons. The Morgan fingerprint density at radius 3 is 2.67 bits per heavy atom. The highest BCUT2D eigenvalue weighted by molar-refractivity contribution is 5.92. The Labute approximate surface area is 180 Å². The molecule has 7 nitrogen and oxygen atoms in total. The Bertz CT molecular complexity index is 701. The molecule has 0 aromatic carbocycles. The van der Waals surface area contributed by atoms with Crippen molar-refractivity contribution in [3.8, 4) is 0 Å². The summed E-state index contributed by atoms with van der Waals surface area (Å²) in [5.74, 6) is 1.24. The van der Waals surface area contributed by atoms with Gasteiger partial charge in [-0.15, -0.1) is 0 Å². The molecule has 3 heterocycles. The van der Waals surface area contributed by atoms with Crippen molar-refractivity contribution in [2.75, 3.05) is 26.2 Å². The summed E-state index contributed by atoms with van der Waals surface area (Å²) < 4.78 is 7.38. The molecule has 2 aliphatic heterocycles. The fraction of sp³-hybridized carbons (Fsp3) is 0.783. The van der Waals surface area contributed by atoms with Gasteiger partial charge in [0.2, 0.25) is 5.91 Å². The minimum Gasteiger partial charge on any atom is -0.376 e. The van der Waals surface area contributed by atoms with E-state index in [0.717, 1.165) is 63.9 Å². The van der Waals surface area contributed by atoms with Gasteiger partial charge in [-0.1, -0.05) is 13.8 Å². The number of hydrogen-bond donors (Lipinski definition) is 1. The highest BCUT2D eigenvalue weighted by Crippen LogP contribution is 2.23. The van der Waals surface area contributed by atoms with Gasteiger partial charge in [0.15, 0.2) is 0 Å². The summed E-state index contributed by atoms with van der Waals surface area (Å²) in [4.78, 5) is 27.1. The first kappa shape index (κ1) is 22.8. The van der Waals surface area contributed by atoms with Gasteiger partial charge >= 0.3 is 0 Å². The van der Waals surface area contributed by atoms with Gasteiger partial charge < -0.3 is 15.0 Å². The summed E-state index contributed by atoms with van der Waals surface area (Å²) in [6, 6.07) is 1.97. The van der Waals surface area contributed by atoms with Crippen molar-refractivity contribution in [2.24, 2.45) is 11.8 Å². The molecule has 2 aliphatic rings. The molecule has 0 bridgehead atoms. The molecule has 1 unspecified atom stereocenters. The summed E-state index contributed by atoms with van der Waals surface area (Å²) in [7, 11) is 0. The lowest BCUT2D eigenvalue weighted by Crippen LogP contribution is -2.39. The largest absolute Gasteiger partial charge is 0.376 e. The third kappa shape index (κ3) is 6.30. The smallest absolute Gasteiger partial charge is 0.272 e. The van der Waals surface area contributed by atoms with Crippen molar-refractivity contribution in [2.45, 2.75) is 78.4 Å². The van der Waals surface area contributed by atoms with E-state index in [-0.39, 0.29) is 17.9 Å². The van der Waals surface area contributed by atoms with Gasteiger partial charge in [-0.3, -0.25) is 14.3 Å². The van der Waals surface area contributed by atoms with Gasteiger partial charge in [0, 0.05) is 39.2 Å². The SMILES string of the molecule is CCn1nc(CC(C)C)cc1C(=O)N1CCC(CCC(=O)NCC2CCCO2)CC1. The van der Waals surface area contributed by atoms with Crippen LogP contribution in [0.15, 0.2) is 6.07 Å². The molecule has 2 fully saturated rings. The molecule has 1 aromatic rings. The second kappa shape index (κ2) is 10.9. The van der Waals surface area contributed by atoms with Gasteiger partial charge in [0.05, 0.1) is 11.8 Å². The molecule has 0 aliphatic carbocycles. The second-order valence-electron chi connectivity index (χ2n) is 9.15. The van der Waals surface area contributed by atoms with E-state index in [1.54, 1.807) is 0 Å². The topological polar surface area (TPSA) is 76.5 Å².